The highest BCUT2D eigenvalue weighted by Crippen LogP contribution is 2.42. The molecular weight excluding hydrogens is 316 g/mol. The molecule has 1 aromatic carbocycles. The number of hydrogen-bond acceptors (Lipinski definition) is 5. The lowest BCUT2D eigenvalue weighted by Crippen LogP contribution is -2.26. The molecule has 0 aliphatic carbocycles. The van der Waals surface area contributed by atoms with Crippen molar-refractivity contribution in [2.75, 3.05) is 17.6 Å². The van der Waals surface area contributed by atoms with Crippen LogP contribution in [-0.2, 0) is 18.4 Å². The highest BCUT2D eigenvalue weighted by Gasteiger charge is 2.35. The molecule has 0 amide bonds. The molecule has 2 aromatic rings. The minimum absolute atomic E-state index is 0.0990. The van der Waals surface area contributed by atoms with Gasteiger partial charge in [-0.25, -0.2) is 0 Å². The number of benzene rings is 1. The van der Waals surface area contributed by atoms with E-state index in [1.165, 1.54) is 0 Å². The number of nitrogens with one attached hydrogen (secondary N) is 1. The summed E-state index contributed by atoms with van der Waals surface area (Å²) in [6.45, 7) is 8.46. The van der Waals surface area contributed by atoms with Crippen molar-refractivity contribution in [1.82, 2.24) is 9.78 Å². The molecule has 0 spiro atoms. The van der Waals surface area contributed by atoms with Crippen LogP contribution in [0.25, 0.3) is 0 Å². The number of aliphatic hydroxyl groups is 1. The van der Waals surface area contributed by atoms with Crippen molar-refractivity contribution in [2.45, 2.75) is 40.2 Å². The van der Waals surface area contributed by atoms with Crippen molar-refractivity contribution < 1.29 is 9.90 Å². The van der Waals surface area contributed by atoms with Gasteiger partial charge in [-0.2, -0.15) is 5.10 Å². The number of aliphatic hydroxyl groups excluding tert-OH is 1. The van der Waals surface area contributed by atoms with Gasteiger partial charge in [-0.3, -0.25) is 4.68 Å². The van der Waals surface area contributed by atoms with Crippen molar-refractivity contribution >= 4 is 17.7 Å². The molecule has 0 bridgehead atoms. The third kappa shape index (κ3) is 3.54. The minimum atomic E-state index is -0.669. The Labute approximate surface area is 149 Å². The van der Waals surface area contributed by atoms with Crippen LogP contribution >= 0.6 is 0 Å². The molecule has 25 heavy (non-hydrogen) atoms. The number of aryl methyl sites for hydroxylation is 1. The summed E-state index contributed by atoms with van der Waals surface area (Å²) in [7, 11) is 1.79. The van der Waals surface area contributed by atoms with E-state index in [9.17, 15) is 9.90 Å². The van der Waals surface area contributed by atoms with Crippen LogP contribution in [0, 0.1) is 12.3 Å². The summed E-state index contributed by atoms with van der Waals surface area (Å²) in [4.78, 5) is 11.8. The van der Waals surface area contributed by atoms with Gasteiger partial charge in [-0.1, -0.05) is 19.9 Å². The zero-order chi connectivity index (χ0) is 18.8. The fraction of sp³-hybridized carbons (Fsp3) is 0.474. The summed E-state index contributed by atoms with van der Waals surface area (Å²) in [6.07, 6.45) is 0.957. The molecule has 4 N–H and O–H groups in total. The standard InChI is InChI=1S/C19H28N4O2/c1-6-21-15-8-7-14(12(2)18(15)20)17(19(3,4)11-25)16-9-13(10-24)23(5)22-16/h7-9,11,17,21,24H,6,10,20H2,1-5H3/t17-/m0/s1. The number of nitrogen functional groups attached to an aromatic ring is 1. The van der Waals surface area contributed by atoms with Crippen molar-refractivity contribution in [2.24, 2.45) is 12.5 Å². The van der Waals surface area contributed by atoms with Crippen LogP contribution in [-0.4, -0.2) is 27.7 Å². The largest absolute Gasteiger partial charge is 0.397 e. The van der Waals surface area contributed by atoms with Gasteiger partial charge >= 0.3 is 0 Å². The molecule has 0 aliphatic heterocycles. The topological polar surface area (TPSA) is 93.2 Å². The fourth-order valence-corrected chi connectivity index (χ4v) is 3.23. The second kappa shape index (κ2) is 7.27. The zero-order valence-corrected chi connectivity index (χ0v) is 15.6. The van der Waals surface area contributed by atoms with Gasteiger partial charge in [0.25, 0.3) is 0 Å². The van der Waals surface area contributed by atoms with Gasteiger partial charge in [-0.15, -0.1) is 0 Å². The van der Waals surface area contributed by atoms with Crippen molar-refractivity contribution in [3.8, 4) is 0 Å². The van der Waals surface area contributed by atoms with E-state index in [-0.39, 0.29) is 12.5 Å². The molecule has 1 heterocycles. The number of carbonyl (C=O) groups is 1. The third-order valence-corrected chi connectivity index (χ3v) is 4.74. The summed E-state index contributed by atoms with van der Waals surface area (Å²) >= 11 is 0. The zero-order valence-electron chi connectivity index (χ0n) is 15.6. The number of aromatic nitrogens is 2. The summed E-state index contributed by atoms with van der Waals surface area (Å²) in [5.74, 6) is -0.255. The van der Waals surface area contributed by atoms with Gasteiger partial charge in [0.1, 0.15) is 6.29 Å². The highest BCUT2D eigenvalue weighted by molar-refractivity contribution is 5.73. The van der Waals surface area contributed by atoms with E-state index in [0.717, 1.165) is 35.3 Å². The summed E-state index contributed by atoms with van der Waals surface area (Å²) in [6, 6.07) is 5.81. The molecule has 0 radical (unpaired) electrons. The van der Waals surface area contributed by atoms with E-state index in [0.29, 0.717) is 11.4 Å². The van der Waals surface area contributed by atoms with Crippen molar-refractivity contribution in [3.63, 3.8) is 0 Å². The Kier molecular flexibility index (Phi) is 5.52. The molecule has 0 aliphatic rings. The molecule has 2 rings (SSSR count). The first-order valence-electron chi connectivity index (χ1n) is 8.49. The summed E-state index contributed by atoms with van der Waals surface area (Å²) in [5.41, 5.74) is 10.6. The van der Waals surface area contributed by atoms with Crippen molar-refractivity contribution in [3.05, 3.63) is 40.7 Å². The van der Waals surface area contributed by atoms with Crippen LogP contribution in [0.3, 0.4) is 0 Å². The van der Waals surface area contributed by atoms with Crippen LogP contribution in [0.15, 0.2) is 18.2 Å². The van der Waals surface area contributed by atoms with E-state index in [2.05, 4.69) is 10.4 Å². The number of aldehydes is 1. The molecule has 0 unspecified atom stereocenters. The normalized spacial score (nSPS) is 12.9. The molecule has 136 valence electrons. The van der Waals surface area contributed by atoms with Gasteiger partial charge in [0.2, 0.25) is 0 Å². The SMILES string of the molecule is CCNc1ccc([C@@H](c2cc(CO)n(C)n2)C(C)(C)C=O)c(C)c1N. The number of rotatable bonds is 7. The second-order valence-corrected chi connectivity index (χ2v) is 6.99. The predicted molar refractivity (Wildman–Crippen MR) is 101 cm³/mol. The Bertz CT molecular complexity index is 765. The molecular formula is C19H28N4O2. The fourth-order valence-electron chi connectivity index (χ4n) is 3.23. The molecule has 0 saturated heterocycles. The Morgan fingerprint density at radius 2 is 2.12 bits per heavy atom. The maximum atomic E-state index is 11.8. The number of nitrogens with zero attached hydrogens (tertiary/aromatic N) is 2. The number of carbonyl (C=O) groups excluding carboxylic acids is 1. The van der Waals surface area contributed by atoms with Crippen LogP contribution in [0.2, 0.25) is 0 Å². The monoisotopic (exact) mass is 344 g/mol. The van der Waals surface area contributed by atoms with Gasteiger partial charge in [0, 0.05) is 24.9 Å². The van der Waals surface area contributed by atoms with E-state index >= 15 is 0 Å². The first-order chi connectivity index (χ1) is 11.8. The van der Waals surface area contributed by atoms with E-state index in [4.69, 9.17) is 5.73 Å². The van der Waals surface area contributed by atoms with Crippen LogP contribution in [0.1, 0.15) is 49.2 Å². The van der Waals surface area contributed by atoms with E-state index in [1.54, 1.807) is 11.7 Å². The molecule has 6 heteroatoms. The lowest BCUT2D eigenvalue weighted by atomic mass is 9.72. The Morgan fingerprint density at radius 3 is 2.64 bits per heavy atom. The van der Waals surface area contributed by atoms with Crippen LogP contribution in [0.4, 0.5) is 11.4 Å². The quantitative estimate of drug-likeness (QED) is 0.530. The Morgan fingerprint density at radius 1 is 1.44 bits per heavy atom. The van der Waals surface area contributed by atoms with E-state index in [1.807, 2.05) is 45.9 Å². The van der Waals surface area contributed by atoms with Gasteiger partial charge < -0.3 is 21.0 Å². The third-order valence-electron chi connectivity index (χ3n) is 4.74. The summed E-state index contributed by atoms with van der Waals surface area (Å²) < 4.78 is 1.65. The van der Waals surface area contributed by atoms with Crippen LogP contribution in [0.5, 0.6) is 0 Å². The molecule has 1 aromatic heterocycles. The number of hydrogen-bond donors (Lipinski definition) is 3. The smallest absolute Gasteiger partial charge is 0.126 e. The van der Waals surface area contributed by atoms with Gasteiger partial charge in [-0.05, 0) is 37.1 Å². The maximum Gasteiger partial charge on any atom is 0.126 e. The number of anilines is 2. The molecule has 0 fully saturated rings. The summed E-state index contributed by atoms with van der Waals surface area (Å²) in [5, 5.41) is 17.3. The Balaban J connectivity index is 2.65. The van der Waals surface area contributed by atoms with Crippen molar-refractivity contribution in [1.29, 1.82) is 0 Å². The lowest BCUT2D eigenvalue weighted by Gasteiger charge is -2.30. The minimum Gasteiger partial charge on any atom is -0.397 e. The lowest BCUT2D eigenvalue weighted by molar-refractivity contribution is -0.115. The van der Waals surface area contributed by atoms with Crippen LogP contribution < -0.4 is 11.1 Å². The molecule has 6 nitrogen and oxygen atoms in total. The first kappa shape index (κ1) is 19.0. The molecule has 0 saturated carbocycles. The van der Waals surface area contributed by atoms with E-state index < -0.39 is 5.41 Å². The second-order valence-electron chi connectivity index (χ2n) is 6.99. The average molecular weight is 344 g/mol. The van der Waals surface area contributed by atoms with Gasteiger partial charge in [0.05, 0.1) is 29.4 Å². The first-order valence-corrected chi connectivity index (χ1v) is 8.49. The number of nitrogens with two attached hydrogens (primary N) is 1. The predicted octanol–water partition coefficient (Wildman–Crippen LogP) is 2.59. The molecule has 1 atom stereocenters. The average Bonchev–Trinajstić information content (AvgIpc) is 2.94. The Hall–Kier alpha value is -2.34. The van der Waals surface area contributed by atoms with Gasteiger partial charge in [0.15, 0.2) is 0 Å². The maximum absolute atomic E-state index is 11.8. The highest BCUT2D eigenvalue weighted by atomic mass is 16.3.